The van der Waals surface area contributed by atoms with Crippen LogP contribution in [0.15, 0.2) is 57.9 Å². The average molecular weight is 492 g/mol. The zero-order chi connectivity index (χ0) is 24.7. The van der Waals surface area contributed by atoms with E-state index in [0.717, 1.165) is 50.3 Å². The zero-order valence-electron chi connectivity index (χ0n) is 20.1. The Morgan fingerprint density at radius 3 is 2.75 bits per heavy atom. The van der Waals surface area contributed by atoms with E-state index in [4.69, 9.17) is 9.15 Å². The summed E-state index contributed by atoms with van der Waals surface area (Å²) in [4.78, 5) is 24.8. The van der Waals surface area contributed by atoms with Crippen LogP contribution in [-0.4, -0.2) is 79.9 Å². The molecule has 1 amide bonds. The molecule has 1 fully saturated rings. The van der Waals surface area contributed by atoms with E-state index >= 15 is 0 Å². The van der Waals surface area contributed by atoms with Crippen molar-refractivity contribution in [1.82, 2.24) is 45.4 Å². The van der Waals surface area contributed by atoms with E-state index in [9.17, 15) is 4.79 Å². The first-order chi connectivity index (χ1) is 17.7. The first kappa shape index (κ1) is 23.7. The summed E-state index contributed by atoms with van der Waals surface area (Å²) in [6.45, 7) is 6.21. The van der Waals surface area contributed by atoms with E-state index in [1.807, 2.05) is 12.1 Å². The van der Waals surface area contributed by atoms with Gasteiger partial charge in [-0.1, -0.05) is 18.2 Å². The monoisotopic (exact) mass is 491 g/mol. The fourth-order valence-electron chi connectivity index (χ4n) is 4.04. The Labute approximate surface area is 207 Å². The number of rotatable bonds is 8. The Hall–Kier alpha value is -4.03. The molecule has 12 heteroatoms. The third-order valence-corrected chi connectivity index (χ3v) is 5.90. The number of carbonyl (C=O) groups is 1. The molecule has 0 saturated carbocycles. The van der Waals surface area contributed by atoms with Gasteiger partial charge in [0.25, 0.3) is 17.3 Å². The van der Waals surface area contributed by atoms with Crippen molar-refractivity contribution in [3.63, 3.8) is 0 Å². The van der Waals surface area contributed by atoms with E-state index in [1.165, 1.54) is 9.65 Å². The van der Waals surface area contributed by atoms with Gasteiger partial charge in [0, 0.05) is 56.2 Å². The van der Waals surface area contributed by atoms with Crippen LogP contribution in [0.4, 0.5) is 0 Å². The van der Waals surface area contributed by atoms with E-state index in [2.05, 4.69) is 35.7 Å². The number of carbonyl (C=O) groups excluding carboxylic acids is 1. The smallest absolute Gasteiger partial charge is 0.299 e. The van der Waals surface area contributed by atoms with Crippen LogP contribution in [-0.2, 0) is 13.6 Å². The van der Waals surface area contributed by atoms with Crippen molar-refractivity contribution in [3.8, 4) is 11.4 Å². The lowest BCUT2D eigenvalue weighted by Gasteiger charge is -2.27. The highest BCUT2D eigenvalue weighted by molar-refractivity contribution is 5.94. The van der Waals surface area contributed by atoms with Crippen LogP contribution in [0.3, 0.4) is 0 Å². The Balaban J connectivity index is 1.24. The van der Waals surface area contributed by atoms with Crippen molar-refractivity contribution in [1.29, 1.82) is 0 Å². The lowest BCUT2D eigenvalue weighted by molar-refractivity contribution is -0.00146. The highest BCUT2D eigenvalue weighted by Crippen LogP contribution is 2.18. The van der Waals surface area contributed by atoms with Crippen LogP contribution >= 0.6 is 0 Å². The van der Waals surface area contributed by atoms with Crippen molar-refractivity contribution < 1.29 is 13.9 Å². The molecule has 0 radical (unpaired) electrons. The number of amides is 1. The van der Waals surface area contributed by atoms with Crippen LogP contribution in [0.2, 0.25) is 0 Å². The Morgan fingerprint density at radius 1 is 1.14 bits per heavy atom. The maximum atomic E-state index is 12.5. The summed E-state index contributed by atoms with van der Waals surface area (Å²) in [5.74, 6) is 0.285. The number of aromatic nitrogens is 6. The van der Waals surface area contributed by atoms with Gasteiger partial charge in [-0.15, -0.1) is 10.2 Å². The molecule has 4 heterocycles. The number of pyridine rings is 1. The molecule has 0 bridgehead atoms. The van der Waals surface area contributed by atoms with Gasteiger partial charge in [-0.05, 0) is 41.6 Å². The standard InChI is InChI=1S/C24H29N9O3/c1-31-35-24-22(33(36-31)17-18-4-2-9-26-16-18)30-29-21(28-24)19-5-7-20(8-6-19)23(34)27-10-3-13-32-14-11-25-12-15-32/h2,4-9,16,25H,3,10-15,17H2,1H3,(H,27,34). The SMILES string of the molecule is Cn1oc2nc(-c3ccc(C(=O)NCCCN4CCNCC4)cc3)nnc2n(Cc2cccnc2)o1. The van der Waals surface area contributed by atoms with Crippen LogP contribution < -0.4 is 10.6 Å². The minimum Gasteiger partial charge on any atom is -0.352 e. The quantitative estimate of drug-likeness (QED) is 0.353. The third kappa shape index (κ3) is 5.78. The van der Waals surface area contributed by atoms with E-state index in [1.54, 1.807) is 43.7 Å². The van der Waals surface area contributed by atoms with Crippen molar-refractivity contribution in [2.45, 2.75) is 13.0 Å². The van der Waals surface area contributed by atoms with E-state index in [-0.39, 0.29) is 11.6 Å². The van der Waals surface area contributed by atoms with Gasteiger partial charge in [0.05, 0.1) is 13.6 Å². The highest BCUT2D eigenvalue weighted by atomic mass is 16.8. The van der Waals surface area contributed by atoms with Crippen LogP contribution in [0.5, 0.6) is 0 Å². The molecular formula is C24H29N9O3. The van der Waals surface area contributed by atoms with E-state index < -0.39 is 0 Å². The molecule has 36 heavy (non-hydrogen) atoms. The molecule has 0 unspecified atom stereocenters. The topological polar surface area (TPSA) is 132 Å². The van der Waals surface area contributed by atoms with Crippen LogP contribution in [0.25, 0.3) is 22.7 Å². The molecule has 12 nitrogen and oxygen atoms in total. The predicted molar refractivity (Wildman–Crippen MR) is 131 cm³/mol. The Kier molecular flexibility index (Phi) is 7.33. The lowest BCUT2D eigenvalue weighted by atomic mass is 10.1. The number of nitrogens with one attached hydrogen (secondary N) is 2. The molecule has 1 aromatic carbocycles. The summed E-state index contributed by atoms with van der Waals surface area (Å²) in [5.41, 5.74) is 2.86. The number of nitrogens with zero attached hydrogens (tertiary/aromatic N) is 7. The number of piperazine rings is 1. The number of aryl methyl sites for hydroxylation is 1. The van der Waals surface area contributed by atoms with Crippen molar-refractivity contribution in [2.75, 3.05) is 39.3 Å². The van der Waals surface area contributed by atoms with Gasteiger partial charge in [0.2, 0.25) is 0 Å². The Morgan fingerprint density at radius 2 is 1.97 bits per heavy atom. The zero-order valence-corrected chi connectivity index (χ0v) is 20.1. The largest absolute Gasteiger partial charge is 0.352 e. The van der Waals surface area contributed by atoms with Gasteiger partial charge in [-0.2, -0.15) is 9.72 Å². The second-order valence-corrected chi connectivity index (χ2v) is 8.55. The third-order valence-electron chi connectivity index (χ3n) is 5.90. The second-order valence-electron chi connectivity index (χ2n) is 8.55. The van der Waals surface area contributed by atoms with Gasteiger partial charge in [0.15, 0.2) is 5.82 Å². The molecule has 0 spiro atoms. The van der Waals surface area contributed by atoms with Crippen molar-refractivity contribution in [2.24, 2.45) is 7.05 Å². The van der Waals surface area contributed by atoms with Gasteiger partial charge in [-0.25, -0.2) is 0 Å². The van der Waals surface area contributed by atoms with Gasteiger partial charge in [-0.3, -0.25) is 14.4 Å². The van der Waals surface area contributed by atoms with Crippen molar-refractivity contribution >= 4 is 17.3 Å². The minimum absolute atomic E-state index is 0.0977. The number of hydrogen-bond donors (Lipinski definition) is 2. The molecule has 3 aromatic heterocycles. The minimum atomic E-state index is -0.0977. The summed E-state index contributed by atoms with van der Waals surface area (Å²) < 4.78 is 12.7. The average Bonchev–Trinajstić information content (AvgIpc) is 2.92. The Bertz CT molecular complexity index is 1330. The van der Waals surface area contributed by atoms with Gasteiger partial charge in [0.1, 0.15) is 0 Å². The molecule has 1 aliphatic rings. The summed E-state index contributed by atoms with van der Waals surface area (Å²) in [5, 5.41) is 14.9. The fraction of sp³-hybridized carbons (Fsp3) is 0.375. The first-order valence-electron chi connectivity index (χ1n) is 12.0. The van der Waals surface area contributed by atoms with Crippen molar-refractivity contribution in [3.05, 3.63) is 59.9 Å². The molecule has 1 saturated heterocycles. The highest BCUT2D eigenvalue weighted by Gasteiger charge is 2.14. The number of hydrogen-bond acceptors (Lipinski definition) is 9. The summed E-state index contributed by atoms with van der Waals surface area (Å²) in [7, 11) is 1.62. The predicted octanol–water partition coefficient (Wildman–Crippen LogP) is 1.61. The summed E-state index contributed by atoms with van der Waals surface area (Å²) in [6, 6.07) is 10.9. The molecular weight excluding hydrogens is 462 g/mol. The molecule has 188 valence electrons. The summed E-state index contributed by atoms with van der Waals surface area (Å²) in [6.07, 6.45) is 4.38. The maximum absolute atomic E-state index is 12.5. The van der Waals surface area contributed by atoms with Crippen LogP contribution in [0.1, 0.15) is 22.3 Å². The molecule has 0 atom stereocenters. The molecule has 4 aromatic rings. The molecule has 1 aliphatic heterocycles. The molecule has 5 rings (SSSR count). The lowest BCUT2D eigenvalue weighted by Crippen LogP contribution is -2.44. The van der Waals surface area contributed by atoms with E-state index in [0.29, 0.717) is 30.1 Å². The van der Waals surface area contributed by atoms with Gasteiger partial charge >= 0.3 is 0 Å². The first-order valence-corrected chi connectivity index (χ1v) is 12.0. The normalized spacial score (nSPS) is 14.1. The van der Waals surface area contributed by atoms with Crippen LogP contribution in [0, 0.1) is 0 Å². The van der Waals surface area contributed by atoms with Gasteiger partial charge < -0.3 is 20.1 Å². The molecule has 0 aliphatic carbocycles. The summed E-state index contributed by atoms with van der Waals surface area (Å²) >= 11 is 0. The molecule has 2 N–H and O–H groups in total. The fourth-order valence-corrected chi connectivity index (χ4v) is 4.04. The second kappa shape index (κ2) is 11.1. The number of benzene rings is 1. The number of fused-ring (bicyclic) bond motifs is 1. The maximum Gasteiger partial charge on any atom is 0.299 e.